The minimum absolute atomic E-state index is 0.413. The molecule has 1 fully saturated rings. The first-order valence-electron chi connectivity index (χ1n) is 7.49. The molecule has 1 nitrogen and oxygen atoms in total. The zero-order chi connectivity index (χ0) is 14.2. The van der Waals surface area contributed by atoms with Gasteiger partial charge in [0, 0.05) is 6.54 Å². The van der Waals surface area contributed by atoms with Crippen LogP contribution in [0.2, 0.25) is 0 Å². The van der Waals surface area contributed by atoms with Crippen LogP contribution in [0.25, 0.3) is 0 Å². The van der Waals surface area contributed by atoms with E-state index in [1.54, 1.807) is 6.07 Å². The van der Waals surface area contributed by atoms with Crippen LogP contribution in [-0.2, 0) is 25.6 Å². The summed E-state index contributed by atoms with van der Waals surface area (Å²) in [6.45, 7) is 2.33. The number of rotatable bonds is 2. The molecular weight excluding hydrogens is 263 g/mol. The number of benzene rings is 1. The molecule has 1 aliphatic heterocycles. The van der Waals surface area contributed by atoms with E-state index in [-0.39, 0.29) is 0 Å². The largest absolute Gasteiger partial charge is 0.416 e. The van der Waals surface area contributed by atoms with Gasteiger partial charge >= 0.3 is 6.18 Å². The lowest BCUT2D eigenvalue weighted by Crippen LogP contribution is -2.30. The third-order valence-corrected chi connectivity index (χ3v) is 4.54. The Morgan fingerprint density at radius 1 is 0.950 bits per heavy atom. The van der Waals surface area contributed by atoms with Crippen molar-refractivity contribution in [2.24, 2.45) is 0 Å². The molecule has 0 amide bonds. The van der Waals surface area contributed by atoms with Crippen LogP contribution in [0.3, 0.4) is 0 Å². The summed E-state index contributed by atoms with van der Waals surface area (Å²) in [6, 6.07) is 2.98. The van der Waals surface area contributed by atoms with Crippen molar-refractivity contribution in [2.75, 3.05) is 13.1 Å². The van der Waals surface area contributed by atoms with Gasteiger partial charge in [-0.3, -0.25) is 4.90 Å². The highest BCUT2D eigenvalue weighted by Crippen LogP contribution is 2.38. The van der Waals surface area contributed by atoms with Gasteiger partial charge in [-0.25, -0.2) is 0 Å². The quantitative estimate of drug-likeness (QED) is 0.787. The topological polar surface area (TPSA) is 3.24 Å². The highest BCUT2D eigenvalue weighted by Gasteiger charge is 2.35. The summed E-state index contributed by atoms with van der Waals surface area (Å²) < 4.78 is 39.8. The third-order valence-electron chi connectivity index (χ3n) is 4.54. The van der Waals surface area contributed by atoms with Gasteiger partial charge in [0.2, 0.25) is 0 Å². The van der Waals surface area contributed by atoms with E-state index in [9.17, 15) is 13.2 Å². The number of hydrogen-bond donors (Lipinski definition) is 0. The van der Waals surface area contributed by atoms with Crippen LogP contribution in [0.15, 0.2) is 12.1 Å². The Hall–Kier alpha value is -1.03. The fourth-order valence-electron chi connectivity index (χ4n) is 3.53. The fraction of sp³-hybridized carbons (Fsp3) is 0.625. The van der Waals surface area contributed by atoms with E-state index in [1.165, 1.54) is 12.5 Å². The zero-order valence-corrected chi connectivity index (χ0v) is 11.6. The Bertz CT molecular complexity index is 487. The maximum absolute atomic E-state index is 13.3. The van der Waals surface area contributed by atoms with Crippen LogP contribution in [0.1, 0.15) is 47.9 Å². The predicted octanol–water partition coefficient (Wildman–Crippen LogP) is 4.18. The van der Waals surface area contributed by atoms with Gasteiger partial charge in [0.05, 0.1) is 5.56 Å². The second kappa shape index (κ2) is 5.40. The Morgan fingerprint density at radius 3 is 2.40 bits per heavy atom. The summed E-state index contributed by atoms with van der Waals surface area (Å²) in [5, 5.41) is 0. The minimum atomic E-state index is -4.23. The molecule has 0 aromatic heterocycles. The van der Waals surface area contributed by atoms with Crippen molar-refractivity contribution in [1.29, 1.82) is 0 Å². The molecule has 0 saturated carbocycles. The number of fused-ring (bicyclic) bond motifs is 1. The van der Waals surface area contributed by atoms with Crippen LogP contribution < -0.4 is 0 Å². The Kier molecular flexibility index (Phi) is 3.76. The van der Waals surface area contributed by atoms with Crippen molar-refractivity contribution in [3.63, 3.8) is 0 Å². The summed E-state index contributed by atoms with van der Waals surface area (Å²) in [6.07, 6.45) is 1.91. The zero-order valence-electron chi connectivity index (χ0n) is 11.6. The number of hydrogen-bond acceptors (Lipinski definition) is 1. The second-order valence-electron chi connectivity index (χ2n) is 5.92. The van der Waals surface area contributed by atoms with E-state index in [2.05, 4.69) is 4.90 Å². The maximum Gasteiger partial charge on any atom is 0.416 e. The van der Waals surface area contributed by atoms with E-state index in [4.69, 9.17) is 0 Å². The average Bonchev–Trinajstić information content (AvgIpc) is 2.87. The fourth-order valence-corrected chi connectivity index (χ4v) is 3.53. The van der Waals surface area contributed by atoms with Crippen molar-refractivity contribution in [3.8, 4) is 0 Å². The number of aryl methyl sites for hydroxylation is 1. The molecule has 4 heteroatoms. The van der Waals surface area contributed by atoms with Gasteiger partial charge in [0.15, 0.2) is 0 Å². The molecule has 0 unspecified atom stereocenters. The number of halogens is 3. The first-order valence-corrected chi connectivity index (χ1v) is 7.49. The molecule has 2 aliphatic rings. The number of alkyl halides is 3. The van der Waals surface area contributed by atoms with Crippen molar-refractivity contribution >= 4 is 0 Å². The molecule has 0 spiro atoms. The summed E-state index contributed by atoms with van der Waals surface area (Å²) in [5.41, 5.74) is 2.24. The number of nitrogens with zero attached hydrogens (tertiary/aromatic N) is 1. The number of likely N-dealkylation sites (tertiary alicyclic amines) is 1. The molecule has 0 N–H and O–H groups in total. The summed E-state index contributed by atoms with van der Waals surface area (Å²) in [5.74, 6) is 0. The Morgan fingerprint density at radius 2 is 1.70 bits per heavy atom. The van der Waals surface area contributed by atoms with Crippen LogP contribution in [0.5, 0.6) is 0 Å². The van der Waals surface area contributed by atoms with Gasteiger partial charge in [-0.05, 0) is 68.0 Å². The lowest BCUT2D eigenvalue weighted by Gasteiger charge is -2.28. The highest BCUT2D eigenvalue weighted by atomic mass is 19.4. The SMILES string of the molecule is FC(F)(F)c1ccc2c(c1CN1CCCCC1)CCC2. The smallest absolute Gasteiger partial charge is 0.299 e. The second-order valence-corrected chi connectivity index (χ2v) is 5.92. The normalized spacial score (nSPS) is 20.1. The van der Waals surface area contributed by atoms with E-state index < -0.39 is 11.7 Å². The van der Waals surface area contributed by atoms with Crippen molar-refractivity contribution in [1.82, 2.24) is 4.90 Å². The Balaban J connectivity index is 1.95. The number of piperidine rings is 1. The lowest BCUT2D eigenvalue weighted by molar-refractivity contribution is -0.138. The van der Waals surface area contributed by atoms with Crippen LogP contribution >= 0.6 is 0 Å². The molecular formula is C16H20F3N. The molecule has 1 saturated heterocycles. The lowest BCUT2D eigenvalue weighted by atomic mass is 9.96. The summed E-state index contributed by atoms with van der Waals surface area (Å²) in [4.78, 5) is 2.19. The molecule has 0 atom stereocenters. The molecule has 1 aromatic rings. The molecule has 0 radical (unpaired) electrons. The van der Waals surface area contributed by atoms with Gasteiger partial charge in [0.1, 0.15) is 0 Å². The molecule has 0 bridgehead atoms. The summed E-state index contributed by atoms with van der Waals surface area (Å²) >= 11 is 0. The molecule has 1 aromatic carbocycles. The predicted molar refractivity (Wildman–Crippen MR) is 72.6 cm³/mol. The van der Waals surface area contributed by atoms with E-state index in [1.807, 2.05) is 0 Å². The van der Waals surface area contributed by atoms with Gasteiger partial charge in [-0.15, -0.1) is 0 Å². The minimum Gasteiger partial charge on any atom is -0.299 e. The summed E-state index contributed by atoms with van der Waals surface area (Å²) in [7, 11) is 0. The van der Waals surface area contributed by atoms with Crippen molar-refractivity contribution in [3.05, 3.63) is 34.4 Å². The standard InChI is InChI=1S/C16H20F3N/c17-16(18,19)15-8-7-12-5-4-6-13(12)14(15)11-20-9-2-1-3-10-20/h7-8H,1-6,9-11H2. The van der Waals surface area contributed by atoms with Crippen molar-refractivity contribution in [2.45, 2.75) is 51.2 Å². The maximum atomic E-state index is 13.3. The first kappa shape index (κ1) is 13.9. The molecule has 1 heterocycles. The Labute approximate surface area is 117 Å². The van der Waals surface area contributed by atoms with Crippen LogP contribution in [0, 0.1) is 0 Å². The van der Waals surface area contributed by atoms with E-state index in [0.29, 0.717) is 12.1 Å². The van der Waals surface area contributed by atoms with Gasteiger partial charge in [-0.1, -0.05) is 12.5 Å². The van der Waals surface area contributed by atoms with Gasteiger partial charge in [0.25, 0.3) is 0 Å². The molecule has 1 aliphatic carbocycles. The third kappa shape index (κ3) is 2.71. The van der Waals surface area contributed by atoms with Crippen molar-refractivity contribution < 1.29 is 13.2 Å². The van der Waals surface area contributed by atoms with Gasteiger partial charge in [-0.2, -0.15) is 13.2 Å². The molecule has 20 heavy (non-hydrogen) atoms. The monoisotopic (exact) mass is 283 g/mol. The van der Waals surface area contributed by atoms with Crippen LogP contribution in [-0.4, -0.2) is 18.0 Å². The van der Waals surface area contributed by atoms with E-state index in [0.717, 1.165) is 56.3 Å². The highest BCUT2D eigenvalue weighted by molar-refractivity contribution is 5.45. The van der Waals surface area contributed by atoms with E-state index >= 15 is 0 Å². The van der Waals surface area contributed by atoms with Gasteiger partial charge < -0.3 is 0 Å². The molecule has 3 rings (SSSR count). The van der Waals surface area contributed by atoms with Crippen LogP contribution in [0.4, 0.5) is 13.2 Å². The molecule has 110 valence electrons. The first-order chi connectivity index (χ1) is 9.55. The average molecular weight is 283 g/mol.